The van der Waals surface area contributed by atoms with Gasteiger partial charge < -0.3 is 9.88 Å². The Bertz CT molecular complexity index is 227. The molecular formula is C8H15N3. The van der Waals surface area contributed by atoms with Crippen molar-refractivity contribution in [3.63, 3.8) is 0 Å². The molecule has 0 fully saturated rings. The molecule has 0 spiro atoms. The van der Waals surface area contributed by atoms with Crippen molar-refractivity contribution >= 4 is 0 Å². The molecular weight excluding hydrogens is 138 g/mol. The van der Waals surface area contributed by atoms with Crippen LogP contribution >= 0.6 is 0 Å². The van der Waals surface area contributed by atoms with Gasteiger partial charge in [-0.15, -0.1) is 0 Å². The van der Waals surface area contributed by atoms with Gasteiger partial charge in [0.15, 0.2) is 0 Å². The number of hydrogen-bond acceptors (Lipinski definition) is 2. The zero-order chi connectivity index (χ0) is 8.27. The molecule has 0 saturated heterocycles. The van der Waals surface area contributed by atoms with Gasteiger partial charge in [0.05, 0.1) is 12.2 Å². The quantitative estimate of drug-likeness (QED) is 0.700. The van der Waals surface area contributed by atoms with Gasteiger partial charge in [0, 0.05) is 12.7 Å². The highest BCUT2D eigenvalue weighted by Gasteiger charge is 2.00. The molecule has 1 N–H and O–H groups in total. The van der Waals surface area contributed by atoms with Gasteiger partial charge >= 0.3 is 0 Å². The number of imidazole rings is 1. The van der Waals surface area contributed by atoms with Crippen molar-refractivity contribution < 1.29 is 0 Å². The first-order valence-corrected chi connectivity index (χ1v) is 3.95. The molecule has 11 heavy (non-hydrogen) atoms. The second kappa shape index (κ2) is 3.53. The Kier molecular flexibility index (Phi) is 2.65. The number of nitrogens with zero attached hydrogens (tertiary/aromatic N) is 2. The number of rotatable bonds is 3. The van der Waals surface area contributed by atoms with E-state index in [9.17, 15) is 0 Å². The SMILES string of the molecule is CCn1cc(C)nc1CNC. The van der Waals surface area contributed by atoms with Crippen molar-refractivity contribution in [3.05, 3.63) is 17.7 Å². The fourth-order valence-electron chi connectivity index (χ4n) is 1.17. The minimum absolute atomic E-state index is 0.849. The molecule has 62 valence electrons. The highest BCUT2D eigenvalue weighted by molar-refractivity contribution is 5.01. The zero-order valence-electron chi connectivity index (χ0n) is 7.39. The van der Waals surface area contributed by atoms with E-state index in [0.717, 1.165) is 24.6 Å². The van der Waals surface area contributed by atoms with E-state index in [-0.39, 0.29) is 0 Å². The first-order valence-electron chi connectivity index (χ1n) is 3.95. The normalized spacial score (nSPS) is 10.5. The summed E-state index contributed by atoms with van der Waals surface area (Å²) in [6.45, 7) is 5.99. The van der Waals surface area contributed by atoms with Gasteiger partial charge in [-0.3, -0.25) is 0 Å². The Hall–Kier alpha value is -0.830. The van der Waals surface area contributed by atoms with Crippen LogP contribution in [0.4, 0.5) is 0 Å². The van der Waals surface area contributed by atoms with Crippen molar-refractivity contribution in [3.8, 4) is 0 Å². The molecule has 1 aromatic heterocycles. The molecule has 1 rings (SSSR count). The minimum Gasteiger partial charge on any atom is -0.334 e. The zero-order valence-corrected chi connectivity index (χ0v) is 7.39. The summed E-state index contributed by atoms with van der Waals surface area (Å²) in [7, 11) is 1.93. The van der Waals surface area contributed by atoms with Crippen LogP contribution < -0.4 is 5.32 Å². The van der Waals surface area contributed by atoms with Crippen LogP contribution in [0.3, 0.4) is 0 Å². The molecule has 1 aromatic rings. The van der Waals surface area contributed by atoms with Crippen molar-refractivity contribution in [2.45, 2.75) is 26.9 Å². The minimum atomic E-state index is 0.849. The lowest BCUT2D eigenvalue weighted by Crippen LogP contribution is -2.11. The van der Waals surface area contributed by atoms with Crippen molar-refractivity contribution in [1.29, 1.82) is 0 Å². The van der Waals surface area contributed by atoms with Crippen molar-refractivity contribution in [2.24, 2.45) is 0 Å². The van der Waals surface area contributed by atoms with E-state index in [1.54, 1.807) is 0 Å². The number of hydrogen-bond donors (Lipinski definition) is 1. The summed E-state index contributed by atoms with van der Waals surface area (Å²) < 4.78 is 2.16. The first-order chi connectivity index (χ1) is 5.27. The van der Waals surface area contributed by atoms with Gasteiger partial charge in [0.2, 0.25) is 0 Å². The lowest BCUT2D eigenvalue weighted by atomic mass is 10.5. The predicted octanol–water partition coefficient (Wildman–Crippen LogP) is 0.931. The molecule has 0 saturated carbocycles. The van der Waals surface area contributed by atoms with Crippen LogP contribution in [-0.4, -0.2) is 16.6 Å². The molecule has 0 aliphatic carbocycles. The van der Waals surface area contributed by atoms with Crippen LogP contribution in [0, 0.1) is 6.92 Å². The Balaban J connectivity index is 2.83. The molecule has 0 aromatic carbocycles. The number of aryl methyl sites for hydroxylation is 2. The van der Waals surface area contributed by atoms with E-state index < -0.39 is 0 Å². The highest BCUT2D eigenvalue weighted by Crippen LogP contribution is 2.01. The Morgan fingerprint density at radius 1 is 1.64 bits per heavy atom. The lowest BCUT2D eigenvalue weighted by molar-refractivity contribution is 0.657. The summed E-state index contributed by atoms with van der Waals surface area (Å²) in [5.74, 6) is 1.12. The maximum absolute atomic E-state index is 4.37. The van der Waals surface area contributed by atoms with E-state index >= 15 is 0 Å². The van der Waals surface area contributed by atoms with E-state index in [1.807, 2.05) is 14.0 Å². The van der Waals surface area contributed by atoms with E-state index in [4.69, 9.17) is 0 Å². The van der Waals surface area contributed by atoms with E-state index in [2.05, 4.69) is 28.0 Å². The molecule has 0 amide bonds. The molecule has 0 bridgehead atoms. The van der Waals surface area contributed by atoms with Crippen molar-refractivity contribution in [1.82, 2.24) is 14.9 Å². The molecule has 1 heterocycles. The second-order valence-corrected chi connectivity index (χ2v) is 2.61. The van der Waals surface area contributed by atoms with Gasteiger partial charge in [0.1, 0.15) is 5.82 Å². The molecule has 0 radical (unpaired) electrons. The molecule has 0 unspecified atom stereocenters. The summed E-state index contributed by atoms with van der Waals surface area (Å²) in [5.41, 5.74) is 1.09. The van der Waals surface area contributed by atoms with Gasteiger partial charge in [-0.1, -0.05) is 0 Å². The maximum Gasteiger partial charge on any atom is 0.122 e. The number of aromatic nitrogens is 2. The van der Waals surface area contributed by atoms with Crippen LogP contribution in [-0.2, 0) is 13.1 Å². The monoisotopic (exact) mass is 153 g/mol. The van der Waals surface area contributed by atoms with Crippen LogP contribution in [0.15, 0.2) is 6.20 Å². The topological polar surface area (TPSA) is 29.9 Å². The standard InChI is InChI=1S/C8H15N3/c1-4-11-6-7(2)10-8(11)5-9-3/h6,9H,4-5H2,1-3H3. The smallest absolute Gasteiger partial charge is 0.122 e. The average Bonchev–Trinajstić information content (AvgIpc) is 2.32. The summed E-state index contributed by atoms with van der Waals surface area (Å²) in [6.07, 6.45) is 2.08. The van der Waals surface area contributed by atoms with Crippen LogP contribution in [0.5, 0.6) is 0 Å². The fourth-order valence-corrected chi connectivity index (χ4v) is 1.17. The third-order valence-corrected chi connectivity index (χ3v) is 1.66. The van der Waals surface area contributed by atoms with Crippen LogP contribution in [0.2, 0.25) is 0 Å². The summed E-state index contributed by atoms with van der Waals surface area (Å²) >= 11 is 0. The van der Waals surface area contributed by atoms with Gasteiger partial charge in [-0.2, -0.15) is 0 Å². The molecule has 3 heteroatoms. The summed E-state index contributed by atoms with van der Waals surface area (Å²) in [4.78, 5) is 4.37. The molecule has 0 aliphatic rings. The van der Waals surface area contributed by atoms with E-state index in [1.165, 1.54) is 0 Å². The second-order valence-electron chi connectivity index (χ2n) is 2.61. The molecule has 0 aliphatic heterocycles. The van der Waals surface area contributed by atoms with Gasteiger partial charge in [-0.25, -0.2) is 4.98 Å². The Labute approximate surface area is 67.4 Å². The number of nitrogens with one attached hydrogen (secondary N) is 1. The Morgan fingerprint density at radius 2 is 2.36 bits per heavy atom. The van der Waals surface area contributed by atoms with E-state index in [0.29, 0.717) is 0 Å². The molecule has 0 atom stereocenters. The third kappa shape index (κ3) is 1.80. The first kappa shape index (κ1) is 8.27. The highest BCUT2D eigenvalue weighted by atomic mass is 15.1. The largest absolute Gasteiger partial charge is 0.334 e. The van der Waals surface area contributed by atoms with Gasteiger partial charge in [0.25, 0.3) is 0 Å². The summed E-state index contributed by atoms with van der Waals surface area (Å²) in [5, 5.41) is 3.09. The molecule has 3 nitrogen and oxygen atoms in total. The fraction of sp³-hybridized carbons (Fsp3) is 0.625. The third-order valence-electron chi connectivity index (χ3n) is 1.66. The van der Waals surface area contributed by atoms with Crippen LogP contribution in [0.25, 0.3) is 0 Å². The maximum atomic E-state index is 4.37. The predicted molar refractivity (Wildman–Crippen MR) is 45.4 cm³/mol. The summed E-state index contributed by atoms with van der Waals surface area (Å²) in [6, 6.07) is 0. The van der Waals surface area contributed by atoms with Crippen LogP contribution in [0.1, 0.15) is 18.4 Å². The van der Waals surface area contributed by atoms with Crippen molar-refractivity contribution in [2.75, 3.05) is 7.05 Å². The van der Waals surface area contributed by atoms with Gasteiger partial charge in [-0.05, 0) is 20.9 Å². The average molecular weight is 153 g/mol. The Morgan fingerprint density at radius 3 is 2.91 bits per heavy atom. The lowest BCUT2D eigenvalue weighted by Gasteiger charge is -2.01.